The fourth-order valence-electron chi connectivity index (χ4n) is 2.14. The summed E-state index contributed by atoms with van der Waals surface area (Å²) in [6, 6.07) is 11.9. The number of hydrogen-bond acceptors (Lipinski definition) is 0. The van der Waals surface area contributed by atoms with E-state index >= 15 is 0 Å². The van der Waals surface area contributed by atoms with E-state index in [0.29, 0.717) is 0 Å². The van der Waals surface area contributed by atoms with Crippen LogP contribution in [0.25, 0.3) is 0 Å². The van der Waals surface area contributed by atoms with Gasteiger partial charge in [-0.1, -0.05) is 49.2 Å². The maximum absolute atomic E-state index is 5.75. The van der Waals surface area contributed by atoms with Crippen LogP contribution in [0.5, 0.6) is 0 Å². The van der Waals surface area contributed by atoms with Crippen LogP contribution in [0.3, 0.4) is 0 Å². The van der Waals surface area contributed by atoms with Gasteiger partial charge in [-0.2, -0.15) is 0 Å². The van der Waals surface area contributed by atoms with Crippen molar-refractivity contribution in [2.24, 2.45) is 0 Å². The first kappa shape index (κ1) is 16.3. The largest absolute Gasteiger partial charge is 0.131 e. The van der Waals surface area contributed by atoms with E-state index in [1.54, 1.807) is 0 Å². The first-order chi connectivity index (χ1) is 8.86. The molecule has 0 unspecified atom stereocenters. The fourth-order valence-corrected chi connectivity index (χ4v) is 4.86. The summed E-state index contributed by atoms with van der Waals surface area (Å²) in [7, 11) is 0.0687. The summed E-state index contributed by atoms with van der Waals surface area (Å²) >= 11 is 11.5. The normalized spacial score (nSPS) is 12.1. The Labute approximate surface area is 126 Å². The molecule has 0 spiro atoms. The van der Waals surface area contributed by atoms with Crippen LogP contribution in [0.1, 0.15) is 24.0 Å². The van der Waals surface area contributed by atoms with Crippen LogP contribution < -0.4 is 0 Å². The van der Waals surface area contributed by atoms with Crippen molar-refractivity contribution in [2.75, 3.05) is 11.0 Å². The SMILES string of the molecule is ClC[SiH2]CCCc1cccc(CCC[SiH2]CCl)c1. The minimum absolute atomic E-state index is 0.0344. The van der Waals surface area contributed by atoms with E-state index in [1.807, 2.05) is 0 Å². The topological polar surface area (TPSA) is 0 Å². The van der Waals surface area contributed by atoms with Gasteiger partial charge in [-0.3, -0.25) is 0 Å². The minimum Gasteiger partial charge on any atom is -0.131 e. The quantitative estimate of drug-likeness (QED) is 0.353. The molecule has 0 aromatic heterocycles. The van der Waals surface area contributed by atoms with Crippen LogP contribution in [-0.4, -0.2) is 30.0 Å². The van der Waals surface area contributed by atoms with Crippen molar-refractivity contribution in [2.45, 2.75) is 37.8 Å². The van der Waals surface area contributed by atoms with Gasteiger partial charge in [-0.05, 0) is 24.0 Å². The average Bonchev–Trinajstić information content (AvgIpc) is 2.40. The molecule has 0 amide bonds. The van der Waals surface area contributed by atoms with E-state index in [9.17, 15) is 0 Å². The third-order valence-corrected chi connectivity index (χ3v) is 7.33. The van der Waals surface area contributed by atoms with Crippen LogP contribution in [0, 0.1) is 0 Å². The Balaban J connectivity index is 2.27. The second kappa shape index (κ2) is 11.1. The summed E-state index contributed by atoms with van der Waals surface area (Å²) in [4.78, 5) is 0. The van der Waals surface area contributed by atoms with Crippen molar-refractivity contribution in [1.82, 2.24) is 0 Å². The van der Waals surface area contributed by atoms with E-state index in [-0.39, 0.29) is 19.0 Å². The second-order valence-electron chi connectivity index (χ2n) is 4.82. The molecule has 0 bridgehead atoms. The number of hydrogen-bond donors (Lipinski definition) is 0. The molecule has 102 valence electrons. The van der Waals surface area contributed by atoms with Gasteiger partial charge in [0.15, 0.2) is 0 Å². The molecular formula is C14H24Cl2Si2. The summed E-state index contributed by atoms with van der Waals surface area (Å²) in [5.74, 6) is 0. The molecule has 0 heterocycles. The summed E-state index contributed by atoms with van der Waals surface area (Å²) in [5.41, 5.74) is 4.88. The molecule has 0 nitrogen and oxygen atoms in total. The highest BCUT2D eigenvalue weighted by atomic mass is 35.5. The van der Waals surface area contributed by atoms with E-state index < -0.39 is 0 Å². The number of benzene rings is 1. The third-order valence-electron chi connectivity index (χ3n) is 3.19. The van der Waals surface area contributed by atoms with Gasteiger partial charge in [0, 0.05) is 30.0 Å². The Bertz CT molecular complexity index is 291. The van der Waals surface area contributed by atoms with Gasteiger partial charge in [0.05, 0.1) is 0 Å². The van der Waals surface area contributed by atoms with Crippen LogP contribution in [0.2, 0.25) is 12.1 Å². The molecule has 0 saturated carbocycles. The van der Waals surface area contributed by atoms with Gasteiger partial charge in [-0.15, -0.1) is 23.2 Å². The summed E-state index contributed by atoms with van der Waals surface area (Å²) in [6.07, 6.45) is 5.10. The highest BCUT2D eigenvalue weighted by Crippen LogP contribution is 2.11. The molecule has 4 heteroatoms. The lowest BCUT2D eigenvalue weighted by molar-refractivity contribution is 0.889. The average molecular weight is 319 g/mol. The van der Waals surface area contributed by atoms with Crippen molar-refractivity contribution >= 4 is 42.2 Å². The Kier molecular flexibility index (Phi) is 10.0. The van der Waals surface area contributed by atoms with E-state index in [0.717, 1.165) is 11.0 Å². The Hall–Kier alpha value is 0.234. The zero-order valence-electron chi connectivity index (χ0n) is 11.1. The zero-order valence-corrected chi connectivity index (χ0v) is 15.5. The Morgan fingerprint density at radius 3 is 1.78 bits per heavy atom. The predicted molar refractivity (Wildman–Crippen MR) is 91.2 cm³/mol. The Morgan fingerprint density at radius 2 is 1.33 bits per heavy atom. The molecule has 0 aliphatic carbocycles. The molecule has 1 rings (SSSR count). The van der Waals surface area contributed by atoms with Crippen molar-refractivity contribution in [3.05, 3.63) is 35.4 Å². The number of alkyl halides is 2. The molecule has 0 N–H and O–H groups in total. The van der Waals surface area contributed by atoms with Gasteiger partial charge in [0.25, 0.3) is 0 Å². The summed E-state index contributed by atoms with van der Waals surface area (Å²) in [6.45, 7) is 0. The van der Waals surface area contributed by atoms with Crippen LogP contribution >= 0.6 is 23.2 Å². The lowest BCUT2D eigenvalue weighted by Crippen LogP contribution is -1.96. The van der Waals surface area contributed by atoms with Gasteiger partial charge in [0.1, 0.15) is 0 Å². The predicted octanol–water partition coefficient (Wildman–Crippen LogP) is 3.12. The monoisotopic (exact) mass is 318 g/mol. The van der Waals surface area contributed by atoms with E-state index in [2.05, 4.69) is 24.3 Å². The summed E-state index contributed by atoms with van der Waals surface area (Å²) < 4.78 is 0. The highest BCUT2D eigenvalue weighted by molar-refractivity contribution is 6.50. The van der Waals surface area contributed by atoms with Gasteiger partial charge >= 0.3 is 0 Å². The summed E-state index contributed by atoms with van der Waals surface area (Å²) in [5, 5.41) is 0. The first-order valence-corrected chi connectivity index (χ1v) is 12.1. The smallest absolute Gasteiger partial charge is 0.0379 e. The van der Waals surface area contributed by atoms with Crippen LogP contribution in [0.4, 0.5) is 0 Å². The lowest BCUT2D eigenvalue weighted by Gasteiger charge is -2.05. The molecular weight excluding hydrogens is 295 g/mol. The molecule has 1 aromatic rings. The van der Waals surface area contributed by atoms with Crippen molar-refractivity contribution in [1.29, 1.82) is 0 Å². The van der Waals surface area contributed by atoms with Gasteiger partial charge < -0.3 is 0 Å². The van der Waals surface area contributed by atoms with E-state index in [1.165, 1.54) is 48.9 Å². The standard InChI is InChI=1S/C14H24Cl2Si2/c15-11-17-8-2-6-13-4-1-5-14(10-13)7-3-9-18-12-16/h1,4-5,10H,2-3,6-9,11-12,17-18H2. The minimum atomic E-state index is 0.0344. The molecule has 0 aliphatic rings. The molecule has 0 saturated heterocycles. The van der Waals surface area contributed by atoms with Gasteiger partial charge in [0.2, 0.25) is 0 Å². The van der Waals surface area contributed by atoms with Crippen LogP contribution in [0.15, 0.2) is 24.3 Å². The third kappa shape index (κ3) is 7.62. The number of halogens is 2. The van der Waals surface area contributed by atoms with Crippen molar-refractivity contribution in [3.8, 4) is 0 Å². The maximum Gasteiger partial charge on any atom is 0.0379 e. The molecule has 18 heavy (non-hydrogen) atoms. The second-order valence-corrected chi connectivity index (χ2v) is 10.7. The highest BCUT2D eigenvalue weighted by Gasteiger charge is 1.98. The Morgan fingerprint density at radius 1 is 0.833 bits per heavy atom. The molecule has 0 fully saturated rings. The molecule has 0 radical (unpaired) electrons. The fraction of sp³-hybridized carbons (Fsp3) is 0.571. The number of rotatable bonds is 10. The van der Waals surface area contributed by atoms with Crippen molar-refractivity contribution in [3.63, 3.8) is 0 Å². The number of aryl methyl sites for hydroxylation is 2. The van der Waals surface area contributed by atoms with Crippen LogP contribution in [-0.2, 0) is 12.8 Å². The van der Waals surface area contributed by atoms with Crippen molar-refractivity contribution < 1.29 is 0 Å². The van der Waals surface area contributed by atoms with Gasteiger partial charge in [-0.25, -0.2) is 0 Å². The zero-order chi connectivity index (χ0) is 13.1. The molecule has 0 aliphatic heterocycles. The molecule has 1 aromatic carbocycles. The lowest BCUT2D eigenvalue weighted by atomic mass is 10.0. The first-order valence-electron chi connectivity index (χ1n) is 7.06. The maximum atomic E-state index is 5.75. The van der Waals surface area contributed by atoms with E-state index in [4.69, 9.17) is 23.2 Å². The molecule has 0 atom stereocenters.